The van der Waals surface area contributed by atoms with Gasteiger partial charge in [0.2, 0.25) is 0 Å². The maximum atomic E-state index is 12.7. The van der Waals surface area contributed by atoms with Gasteiger partial charge in [-0.3, -0.25) is 4.79 Å². The Hall–Kier alpha value is -2.65. The number of pyridine rings is 1. The zero-order valence-corrected chi connectivity index (χ0v) is 19.6. The number of hydrogen-bond acceptors (Lipinski definition) is 5. The lowest BCUT2D eigenvalue weighted by molar-refractivity contribution is 0.0977. The van der Waals surface area contributed by atoms with Crippen LogP contribution in [0.5, 0.6) is 0 Å². The molecular formula is C21H15Cl3N4O3S. The molecule has 1 N–H and O–H groups in total. The van der Waals surface area contributed by atoms with Gasteiger partial charge in [-0.2, -0.15) is 0 Å². The molecule has 0 aliphatic carbocycles. The molecule has 164 valence electrons. The maximum Gasteiger partial charge on any atom is 0.283 e. The van der Waals surface area contributed by atoms with Crippen LogP contribution >= 0.6 is 34.8 Å². The SMILES string of the molecule is Cc1nc2ccc(C(=O)NS(=O)(=O)c3ccccc3)nc2n1Cc1c(Cl)cc(Cl)cc1Cl. The van der Waals surface area contributed by atoms with E-state index in [0.29, 0.717) is 37.6 Å². The Morgan fingerprint density at radius 1 is 1.00 bits per heavy atom. The fraction of sp³-hybridized carbons (Fsp3) is 0.0952. The number of amides is 1. The lowest BCUT2D eigenvalue weighted by Crippen LogP contribution is -2.31. The summed E-state index contributed by atoms with van der Waals surface area (Å²) in [4.78, 5) is 21.4. The lowest BCUT2D eigenvalue weighted by atomic mass is 10.2. The normalized spacial score (nSPS) is 11.6. The number of benzene rings is 2. The summed E-state index contributed by atoms with van der Waals surface area (Å²) in [6, 6.07) is 13.8. The summed E-state index contributed by atoms with van der Waals surface area (Å²) in [5, 5.41) is 1.17. The number of hydrogen-bond donors (Lipinski definition) is 1. The van der Waals surface area contributed by atoms with E-state index in [9.17, 15) is 13.2 Å². The number of rotatable bonds is 5. The highest BCUT2D eigenvalue weighted by atomic mass is 35.5. The van der Waals surface area contributed by atoms with Crippen molar-refractivity contribution in [3.63, 3.8) is 0 Å². The molecule has 4 aromatic rings. The number of carbonyl (C=O) groups is 1. The standard InChI is InChI=1S/C21H15Cl3N4O3S/c1-12-25-18-7-8-19(21(29)27-32(30,31)14-5-3-2-4-6-14)26-20(18)28(12)11-15-16(23)9-13(22)10-17(15)24/h2-10H,11H2,1H3,(H,27,29). The van der Waals surface area contributed by atoms with E-state index in [1.54, 1.807) is 47.9 Å². The van der Waals surface area contributed by atoms with Gasteiger partial charge in [0.15, 0.2) is 5.65 Å². The molecule has 11 heteroatoms. The van der Waals surface area contributed by atoms with Gasteiger partial charge in [-0.05, 0) is 43.3 Å². The van der Waals surface area contributed by atoms with Gasteiger partial charge >= 0.3 is 0 Å². The van der Waals surface area contributed by atoms with Crippen LogP contribution in [0.25, 0.3) is 11.2 Å². The van der Waals surface area contributed by atoms with E-state index in [0.717, 1.165) is 0 Å². The van der Waals surface area contributed by atoms with E-state index in [2.05, 4.69) is 9.97 Å². The number of aromatic nitrogens is 3. The first-order valence-corrected chi connectivity index (χ1v) is 11.9. The first-order valence-electron chi connectivity index (χ1n) is 9.25. The maximum absolute atomic E-state index is 12.7. The highest BCUT2D eigenvalue weighted by Crippen LogP contribution is 2.30. The quantitative estimate of drug-likeness (QED) is 0.414. The number of carbonyl (C=O) groups excluding carboxylic acids is 1. The Labute approximate surface area is 199 Å². The van der Waals surface area contributed by atoms with Crippen LogP contribution < -0.4 is 4.72 Å². The second-order valence-corrected chi connectivity index (χ2v) is 9.81. The van der Waals surface area contributed by atoms with E-state index < -0.39 is 15.9 Å². The number of nitrogens with one attached hydrogen (secondary N) is 1. The largest absolute Gasteiger partial charge is 0.308 e. The highest BCUT2D eigenvalue weighted by molar-refractivity contribution is 7.90. The molecule has 32 heavy (non-hydrogen) atoms. The molecule has 0 bridgehead atoms. The molecule has 0 saturated heterocycles. The average molecular weight is 510 g/mol. The molecule has 0 unspecified atom stereocenters. The van der Waals surface area contributed by atoms with Gasteiger partial charge < -0.3 is 4.57 Å². The van der Waals surface area contributed by atoms with Crippen LogP contribution in [-0.4, -0.2) is 28.9 Å². The van der Waals surface area contributed by atoms with Gasteiger partial charge in [-0.25, -0.2) is 23.1 Å². The number of imidazole rings is 1. The summed E-state index contributed by atoms with van der Waals surface area (Å²) >= 11 is 18.6. The molecule has 0 aliphatic rings. The van der Waals surface area contributed by atoms with Crippen molar-refractivity contribution in [1.29, 1.82) is 0 Å². The summed E-state index contributed by atoms with van der Waals surface area (Å²) in [5.74, 6) is -0.243. The Morgan fingerprint density at radius 2 is 1.66 bits per heavy atom. The Bertz CT molecular complexity index is 1430. The minimum Gasteiger partial charge on any atom is -0.308 e. The van der Waals surface area contributed by atoms with Crippen molar-refractivity contribution in [2.75, 3.05) is 0 Å². The molecule has 0 aliphatic heterocycles. The molecule has 7 nitrogen and oxygen atoms in total. The highest BCUT2D eigenvalue weighted by Gasteiger charge is 2.21. The Morgan fingerprint density at radius 3 is 2.31 bits per heavy atom. The van der Waals surface area contributed by atoms with E-state index in [1.165, 1.54) is 18.2 Å². The number of fused-ring (bicyclic) bond motifs is 1. The number of aryl methyl sites for hydroxylation is 1. The molecule has 2 aromatic carbocycles. The van der Waals surface area contributed by atoms with Crippen LogP contribution in [0.2, 0.25) is 15.1 Å². The van der Waals surface area contributed by atoms with Crippen molar-refractivity contribution in [1.82, 2.24) is 19.3 Å². The number of nitrogens with zero attached hydrogens (tertiary/aromatic N) is 3. The monoisotopic (exact) mass is 508 g/mol. The third kappa shape index (κ3) is 4.45. The van der Waals surface area contributed by atoms with Crippen LogP contribution in [0.1, 0.15) is 21.9 Å². The summed E-state index contributed by atoms with van der Waals surface area (Å²) in [6.45, 7) is 2.01. The Kier molecular flexibility index (Phi) is 6.13. The average Bonchev–Trinajstić information content (AvgIpc) is 3.05. The smallest absolute Gasteiger partial charge is 0.283 e. The van der Waals surface area contributed by atoms with Crippen LogP contribution in [0.4, 0.5) is 0 Å². The second-order valence-electron chi connectivity index (χ2n) is 6.88. The molecule has 0 atom stereocenters. The minimum atomic E-state index is -4.04. The zero-order chi connectivity index (χ0) is 23.0. The van der Waals surface area contributed by atoms with Crippen LogP contribution in [-0.2, 0) is 16.6 Å². The van der Waals surface area contributed by atoms with Crippen molar-refractivity contribution in [2.24, 2.45) is 0 Å². The summed E-state index contributed by atoms with van der Waals surface area (Å²) in [7, 11) is -4.04. The minimum absolute atomic E-state index is 0.0256. The van der Waals surface area contributed by atoms with E-state index in [-0.39, 0.29) is 17.1 Å². The molecule has 0 spiro atoms. The molecule has 0 fully saturated rings. The van der Waals surface area contributed by atoms with Gasteiger partial charge in [-0.15, -0.1) is 0 Å². The van der Waals surface area contributed by atoms with Crippen LogP contribution in [0.15, 0.2) is 59.5 Å². The third-order valence-electron chi connectivity index (χ3n) is 4.72. The van der Waals surface area contributed by atoms with Gasteiger partial charge in [0.25, 0.3) is 15.9 Å². The first-order chi connectivity index (χ1) is 15.2. The summed E-state index contributed by atoms with van der Waals surface area (Å²) in [6.07, 6.45) is 0. The lowest BCUT2D eigenvalue weighted by Gasteiger charge is -2.11. The van der Waals surface area contributed by atoms with Crippen molar-refractivity contribution < 1.29 is 13.2 Å². The van der Waals surface area contributed by atoms with Gasteiger partial charge in [0.1, 0.15) is 17.0 Å². The Balaban J connectivity index is 1.70. The van der Waals surface area contributed by atoms with Gasteiger partial charge in [0, 0.05) is 20.6 Å². The molecular weight excluding hydrogens is 495 g/mol. The fourth-order valence-electron chi connectivity index (χ4n) is 3.14. The first kappa shape index (κ1) is 22.5. The number of halogens is 3. The van der Waals surface area contributed by atoms with Gasteiger partial charge in [0.05, 0.1) is 11.4 Å². The molecule has 2 heterocycles. The van der Waals surface area contributed by atoms with E-state index >= 15 is 0 Å². The predicted molar refractivity (Wildman–Crippen MR) is 124 cm³/mol. The van der Waals surface area contributed by atoms with Crippen LogP contribution in [0.3, 0.4) is 0 Å². The van der Waals surface area contributed by atoms with Crippen molar-refractivity contribution in [3.05, 3.63) is 86.7 Å². The number of sulfonamides is 1. The molecule has 4 rings (SSSR count). The van der Waals surface area contributed by atoms with Crippen molar-refractivity contribution in [3.8, 4) is 0 Å². The third-order valence-corrected chi connectivity index (χ3v) is 6.96. The van der Waals surface area contributed by atoms with Crippen molar-refractivity contribution >= 4 is 61.9 Å². The summed E-state index contributed by atoms with van der Waals surface area (Å²) < 4.78 is 28.7. The molecule has 0 radical (unpaired) electrons. The molecule has 1 amide bonds. The summed E-state index contributed by atoms with van der Waals surface area (Å²) in [5.41, 5.74) is 1.45. The predicted octanol–water partition coefficient (Wildman–Crippen LogP) is 4.87. The van der Waals surface area contributed by atoms with E-state index in [1.807, 2.05) is 4.72 Å². The molecule has 0 saturated carbocycles. The molecule has 2 aromatic heterocycles. The topological polar surface area (TPSA) is 93.9 Å². The van der Waals surface area contributed by atoms with Gasteiger partial charge in [-0.1, -0.05) is 53.0 Å². The second kappa shape index (κ2) is 8.71. The zero-order valence-electron chi connectivity index (χ0n) is 16.5. The van der Waals surface area contributed by atoms with Crippen LogP contribution in [0, 0.1) is 6.92 Å². The fourth-order valence-corrected chi connectivity index (χ4v) is 5.06. The van der Waals surface area contributed by atoms with Crippen molar-refractivity contribution in [2.45, 2.75) is 18.4 Å². The van der Waals surface area contributed by atoms with E-state index in [4.69, 9.17) is 34.8 Å².